The van der Waals surface area contributed by atoms with Gasteiger partial charge in [-0.2, -0.15) is 0 Å². The predicted octanol–water partition coefficient (Wildman–Crippen LogP) is 5.95. The molecule has 0 spiro atoms. The third-order valence-electron chi connectivity index (χ3n) is 10.8. The van der Waals surface area contributed by atoms with Crippen molar-refractivity contribution in [3.63, 3.8) is 0 Å². The number of rotatable bonds is 4. The maximum Gasteiger partial charge on any atom is 0.334 e. The summed E-state index contributed by atoms with van der Waals surface area (Å²) in [5, 5.41) is 3.15. The molecule has 5 aliphatic rings. The molecule has 2 heterocycles. The van der Waals surface area contributed by atoms with Crippen molar-refractivity contribution in [1.29, 1.82) is 0 Å². The van der Waals surface area contributed by atoms with Crippen LogP contribution in [0.25, 0.3) is 21.5 Å². The van der Waals surface area contributed by atoms with Gasteiger partial charge in [0.2, 0.25) is 23.6 Å². The van der Waals surface area contributed by atoms with Gasteiger partial charge in [-0.1, -0.05) is 95.7 Å². The molecule has 3 fully saturated rings. The van der Waals surface area contributed by atoms with E-state index in [1.807, 2.05) is 60.7 Å². The molecule has 230 valence electrons. The zero-order valence-corrected chi connectivity index (χ0v) is 26.9. The van der Waals surface area contributed by atoms with E-state index in [-0.39, 0.29) is 12.2 Å². The normalized spacial score (nSPS) is 30.1. The van der Waals surface area contributed by atoms with Gasteiger partial charge in [-0.15, -0.1) is 0 Å². The first-order valence-corrected chi connectivity index (χ1v) is 16.2. The minimum absolute atomic E-state index is 0.0766. The molecule has 0 N–H and O–H groups in total. The molecule has 4 aromatic rings. The summed E-state index contributed by atoms with van der Waals surface area (Å²) in [6.45, 7) is 5.17. The fraction of sp³-hybridized carbons (Fsp3) is 0.270. The van der Waals surface area contributed by atoms with Crippen molar-refractivity contribution in [3.8, 4) is 0 Å². The number of halogens is 1. The predicted molar refractivity (Wildman–Crippen MR) is 176 cm³/mol. The first-order valence-electron chi connectivity index (χ1n) is 15.4. The van der Waals surface area contributed by atoms with Gasteiger partial charge in [-0.25, -0.2) is 14.6 Å². The number of carbonyl (C=O) groups is 5. The van der Waals surface area contributed by atoms with Crippen molar-refractivity contribution >= 4 is 78.4 Å². The maximum atomic E-state index is 14.8. The lowest BCUT2D eigenvalue weighted by molar-refractivity contribution is -0.152. The van der Waals surface area contributed by atoms with Crippen molar-refractivity contribution in [2.75, 3.05) is 16.4 Å². The van der Waals surface area contributed by atoms with E-state index in [0.29, 0.717) is 16.9 Å². The number of fused-ring (bicyclic) bond motifs is 2. The standard InChI is InChI=1S/C37H29BrN2O6/c1-4-46-35(45)26-19(2)37(38)29-27(31(41)39(33(29)43)24-17-9-13-20-11-5-7-15-22(20)24)36(26,3)28-30(37)34(44)40(32(28)42)25-18-10-14-21-12-6-8-16-23(21)25/h5-18,27-30H,4H2,1-3H3/t27-,28+,29-,30-,36?,37?/m1/s1. The highest BCUT2D eigenvalue weighted by atomic mass is 79.9. The lowest BCUT2D eigenvalue weighted by Crippen LogP contribution is -2.67. The van der Waals surface area contributed by atoms with Gasteiger partial charge >= 0.3 is 5.97 Å². The molecule has 4 aromatic carbocycles. The Bertz CT molecular complexity index is 1990. The van der Waals surface area contributed by atoms with Crippen molar-refractivity contribution in [2.45, 2.75) is 25.1 Å². The number of carbonyl (C=O) groups excluding carboxylic acids is 5. The molecule has 2 aliphatic heterocycles. The fourth-order valence-corrected chi connectivity index (χ4v) is 10.1. The molecule has 2 bridgehead atoms. The summed E-state index contributed by atoms with van der Waals surface area (Å²) in [6, 6.07) is 25.8. The molecule has 0 radical (unpaired) electrons. The van der Waals surface area contributed by atoms with Crippen LogP contribution >= 0.6 is 15.9 Å². The monoisotopic (exact) mass is 676 g/mol. The highest BCUT2D eigenvalue weighted by molar-refractivity contribution is 9.10. The average molecular weight is 678 g/mol. The number of imide groups is 2. The molecule has 2 unspecified atom stereocenters. The molecule has 9 rings (SSSR count). The van der Waals surface area contributed by atoms with Crippen molar-refractivity contribution in [3.05, 3.63) is 96.1 Å². The van der Waals surface area contributed by atoms with E-state index in [9.17, 15) is 24.0 Å². The van der Waals surface area contributed by atoms with Crippen LogP contribution in [0, 0.1) is 29.1 Å². The lowest BCUT2D eigenvalue weighted by Gasteiger charge is -2.59. The van der Waals surface area contributed by atoms with E-state index >= 15 is 0 Å². The van der Waals surface area contributed by atoms with Gasteiger partial charge in [0.25, 0.3) is 0 Å². The largest absolute Gasteiger partial charge is 0.463 e. The number of alkyl halides is 1. The van der Waals surface area contributed by atoms with Gasteiger partial charge in [0, 0.05) is 21.8 Å². The Morgan fingerprint density at radius 2 is 1.11 bits per heavy atom. The summed E-state index contributed by atoms with van der Waals surface area (Å²) in [7, 11) is 0. The summed E-state index contributed by atoms with van der Waals surface area (Å²) in [6.07, 6.45) is 0. The second-order valence-corrected chi connectivity index (χ2v) is 14.0. The van der Waals surface area contributed by atoms with Crippen molar-refractivity contribution in [1.82, 2.24) is 0 Å². The second kappa shape index (κ2) is 9.69. The van der Waals surface area contributed by atoms with Crippen LogP contribution in [0.5, 0.6) is 0 Å². The molecule has 6 atom stereocenters. The molecule has 0 aromatic heterocycles. The zero-order chi connectivity index (χ0) is 32.3. The molecule has 4 amide bonds. The quantitative estimate of drug-likeness (QED) is 0.150. The number of benzene rings is 4. The van der Waals surface area contributed by atoms with Crippen LogP contribution in [-0.4, -0.2) is 40.5 Å². The van der Waals surface area contributed by atoms with Gasteiger partial charge < -0.3 is 4.74 Å². The Labute approximate surface area is 273 Å². The number of hydrogen-bond donors (Lipinski definition) is 0. The summed E-state index contributed by atoms with van der Waals surface area (Å²) >= 11 is 3.87. The number of hydrogen-bond acceptors (Lipinski definition) is 6. The third-order valence-corrected chi connectivity index (χ3v) is 12.4. The van der Waals surface area contributed by atoms with E-state index < -0.39 is 63.0 Å². The Hall–Kier alpha value is -4.63. The van der Waals surface area contributed by atoms with E-state index in [2.05, 4.69) is 15.9 Å². The second-order valence-electron chi connectivity index (χ2n) is 12.7. The summed E-state index contributed by atoms with van der Waals surface area (Å²) in [5.74, 6) is -6.92. The number of nitrogens with zero attached hydrogens (tertiary/aromatic N) is 2. The van der Waals surface area contributed by atoms with Crippen LogP contribution in [0.15, 0.2) is 96.1 Å². The van der Waals surface area contributed by atoms with E-state index in [0.717, 1.165) is 21.5 Å². The minimum atomic E-state index is -1.51. The van der Waals surface area contributed by atoms with Crippen LogP contribution in [0.4, 0.5) is 11.4 Å². The molecule has 46 heavy (non-hydrogen) atoms. The minimum Gasteiger partial charge on any atom is -0.463 e. The number of ether oxygens (including phenoxy) is 1. The number of amides is 4. The molecule has 1 saturated carbocycles. The topological polar surface area (TPSA) is 101 Å². The van der Waals surface area contributed by atoms with Crippen molar-refractivity contribution in [2.24, 2.45) is 29.1 Å². The van der Waals surface area contributed by atoms with Crippen LogP contribution in [0.1, 0.15) is 20.8 Å². The number of allylic oxidation sites excluding steroid dienone is 1. The highest BCUT2D eigenvalue weighted by Gasteiger charge is 2.81. The summed E-state index contributed by atoms with van der Waals surface area (Å²) in [5.41, 5.74) is -0.0399. The van der Waals surface area contributed by atoms with Gasteiger partial charge in [0.1, 0.15) is 0 Å². The Morgan fingerprint density at radius 3 is 1.57 bits per heavy atom. The molecule has 2 saturated heterocycles. The van der Waals surface area contributed by atoms with Crippen LogP contribution < -0.4 is 9.80 Å². The van der Waals surface area contributed by atoms with Gasteiger partial charge in [-0.05, 0) is 42.3 Å². The first-order chi connectivity index (χ1) is 22.1. The molecule has 9 heteroatoms. The Morgan fingerprint density at radius 1 is 0.696 bits per heavy atom. The van der Waals surface area contributed by atoms with Crippen LogP contribution in [0.3, 0.4) is 0 Å². The lowest BCUT2D eigenvalue weighted by atomic mass is 9.43. The summed E-state index contributed by atoms with van der Waals surface area (Å²) < 4.78 is 4.04. The van der Waals surface area contributed by atoms with E-state index in [4.69, 9.17) is 4.74 Å². The van der Waals surface area contributed by atoms with Gasteiger partial charge in [0.05, 0.1) is 46.0 Å². The SMILES string of the molecule is CCOC(=O)C1=C(C)C2(Br)[C@H]3C(=O)N(c4cccc5ccccc45)C(=O)[C@H]3C1(C)[C@H]1C(=O)N(c3cccc4ccccc34)C(=O)[C@@H]12. The van der Waals surface area contributed by atoms with Crippen LogP contribution in [0.2, 0.25) is 0 Å². The van der Waals surface area contributed by atoms with Crippen molar-refractivity contribution < 1.29 is 28.7 Å². The Balaban J connectivity index is 1.36. The van der Waals surface area contributed by atoms with E-state index in [1.165, 1.54) is 9.80 Å². The zero-order valence-electron chi connectivity index (χ0n) is 25.3. The number of anilines is 2. The fourth-order valence-electron chi connectivity index (χ4n) is 9.01. The molecular formula is C37H29BrN2O6. The third kappa shape index (κ3) is 3.31. The summed E-state index contributed by atoms with van der Waals surface area (Å²) in [4.78, 5) is 75.2. The molecule has 8 nitrogen and oxygen atoms in total. The highest BCUT2D eigenvalue weighted by Crippen LogP contribution is 2.72. The molecule has 3 aliphatic carbocycles. The first kappa shape index (κ1) is 28.8. The number of esters is 1. The van der Waals surface area contributed by atoms with Gasteiger partial charge in [0.15, 0.2) is 0 Å². The smallest absolute Gasteiger partial charge is 0.334 e. The van der Waals surface area contributed by atoms with Gasteiger partial charge in [-0.3, -0.25) is 19.2 Å². The average Bonchev–Trinajstić information content (AvgIpc) is 3.49. The Kier molecular flexibility index (Phi) is 6.07. The van der Waals surface area contributed by atoms with E-state index in [1.54, 1.807) is 45.0 Å². The van der Waals surface area contributed by atoms with Crippen LogP contribution in [-0.2, 0) is 28.7 Å². The maximum absolute atomic E-state index is 14.8. The molecular weight excluding hydrogens is 648 g/mol.